The van der Waals surface area contributed by atoms with E-state index in [1.165, 1.54) is 6.07 Å². The highest BCUT2D eigenvalue weighted by molar-refractivity contribution is 7.22. The molecule has 104 valence electrons. The Morgan fingerprint density at radius 3 is 2.90 bits per heavy atom. The summed E-state index contributed by atoms with van der Waals surface area (Å²) in [6.07, 6.45) is 1.92. The number of hydrogen-bond donors (Lipinski definition) is 1. The van der Waals surface area contributed by atoms with Crippen LogP contribution in [0.4, 0.5) is 10.2 Å². The minimum absolute atomic E-state index is 0.208. The summed E-state index contributed by atoms with van der Waals surface area (Å²) in [5, 5.41) is 5.56. The zero-order valence-electron chi connectivity index (χ0n) is 11.5. The van der Waals surface area contributed by atoms with Crippen molar-refractivity contribution in [3.63, 3.8) is 0 Å². The second-order valence-electron chi connectivity index (χ2n) is 4.88. The van der Waals surface area contributed by atoms with E-state index in [-0.39, 0.29) is 5.82 Å². The van der Waals surface area contributed by atoms with Crippen LogP contribution >= 0.6 is 11.3 Å². The maximum absolute atomic E-state index is 13.3. The Balaban J connectivity index is 2.17. The van der Waals surface area contributed by atoms with Crippen LogP contribution in [0.1, 0.15) is 18.9 Å². The maximum Gasteiger partial charge on any atom is 0.125 e. The van der Waals surface area contributed by atoms with Gasteiger partial charge in [-0.2, -0.15) is 5.10 Å². The summed E-state index contributed by atoms with van der Waals surface area (Å²) in [7, 11) is 1.85. The number of rotatable bonds is 3. The van der Waals surface area contributed by atoms with Crippen LogP contribution in [-0.2, 0) is 13.5 Å². The van der Waals surface area contributed by atoms with Gasteiger partial charge in [-0.3, -0.25) is 4.68 Å². The van der Waals surface area contributed by atoms with Gasteiger partial charge in [-0.15, -0.1) is 11.3 Å². The van der Waals surface area contributed by atoms with E-state index in [9.17, 15) is 4.39 Å². The SMILES string of the molecule is CCCc1c(-c2cc3ccc(F)cc3s2)nn(C)c1N. The van der Waals surface area contributed by atoms with Crippen molar-refractivity contribution < 1.29 is 4.39 Å². The third-order valence-corrected chi connectivity index (χ3v) is 4.51. The number of hydrogen-bond acceptors (Lipinski definition) is 3. The van der Waals surface area contributed by atoms with Gasteiger partial charge in [0, 0.05) is 17.3 Å². The molecule has 1 aromatic carbocycles. The number of nitrogens with zero attached hydrogens (tertiary/aromatic N) is 2. The fourth-order valence-corrected chi connectivity index (χ4v) is 3.50. The number of thiophene rings is 1. The van der Waals surface area contributed by atoms with Gasteiger partial charge in [0.1, 0.15) is 17.3 Å². The van der Waals surface area contributed by atoms with Gasteiger partial charge in [0.2, 0.25) is 0 Å². The number of aromatic nitrogens is 2. The first kappa shape index (κ1) is 13.1. The molecule has 0 aliphatic carbocycles. The van der Waals surface area contributed by atoms with Gasteiger partial charge >= 0.3 is 0 Å². The first-order chi connectivity index (χ1) is 9.60. The first-order valence-corrected chi connectivity index (χ1v) is 7.42. The van der Waals surface area contributed by atoms with Gasteiger partial charge in [-0.1, -0.05) is 19.4 Å². The van der Waals surface area contributed by atoms with Crippen LogP contribution in [0.25, 0.3) is 20.7 Å². The van der Waals surface area contributed by atoms with Gasteiger partial charge < -0.3 is 5.73 Å². The molecule has 2 N–H and O–H groups in total. The minimum Gasteiger partial charge on any atom is -0.384 e. The second-order valence-corrected chi connectivity index (χ2v) is 5.96. The summed E-state index contributed by atoms with van der Waals surface area (Å²) in [5.41, 5.74) is 8.10. The van der Waals surface area contributed by atoms with Crippen LogP contribution in [0.15, 0.2) is 24.3 Å². The zero-order valence-corrected chi connectivity index (χ0v) is 12.3. The molecule has 3 rings (SSSR count). The van der Waals surface area contributed by atoms with Crippen molar-refractivity contribution in [1.82, 2.24) is 9.78 Å². The second kappa shape index (κ2) is 4.90. The number of halogens is 1. The normalized spacial score (nSPS) is 11.3. The zero-order chi connectivity index (χ0) is 14.3. The molecule has 3 nitrogen and oxygen atoms in total. The predicted octanol–water partition coefficient (Wildman–Crippen LogP) is 3.98. The van der Waals surface area contributed by atoms with Gasteiger partial charge in [-0.05, 0) is 30.0 Å². The van der Waals surface area contributed by atoms with Crippen molar-refractivity contribution >= 4 is 27.2 Å². The lowest BCUT2D eigenvalue weighted by atomic mass is 10.1. The summed E-state index contributed by atoms with van der Waals surface area (Å²) < 4.78 is 15.9. The molecule has 0 spiro atoms. The molecule has 0 aliphatic rings. The van der Waals surface area contributed by atoms with Crippen LogP contribution in [0.2, 0.25) is 0 Å². The topological polar surface area (TPSA) is 43.8 Å². The third-order valence-electron chi connectivity index (χ3n) is 3.41. The molecule has 0 atom stereocenters. The van der Waals surface area contributed by atoms with E-state index in [2.05, 4.69) is 18.1 Å². The molecule has 3 aromatic rings. The van der Waals surface area contributed by atoms with Crippen molar-refractivity contribution in [2.45, 2.75) is 19.8 Å². The summed E-state index contributed by atoms with van der Waals surface area (Å²) in [4.78, 5) is 1.04. The number of aryl methyl sites for hydroxylation is 1. The Hall–Kier alpha value is -1.88. The van der Waals surface area contributed by atoms with E-state index >= 15 is 0 Å². The molecule has 0 bridgehead atoms. The molecule has 5 heteroatoms. The third kappa shape index (κ3) is 2.08. The lowest BCUT2D eigenvalue weighted by molar-refractivity contribution is 0.630. The molecule has 0 saturated carbocycles. The maximum atomic E-state index is 13.3. The molecule has 0 unspecified atom stereocenters. The standard InChI is InChI=1S/C15H16FN3S/c1-3-4-11-14(18-19(2)15(11)17)13-7-9-5-6-10(16)8-12(9)20-13/h5-8H,3-4,17H2,1-2H3. The molecular weight excluding hydrogens is 273 g/mol. The molecule has 2 heterocycles. The Labute approximate surface area is 120 Å². The smallest absolute Gasteiger partial charge is 0.125 e. The number of nitrogens with two attached hydrogens (primary N) is 1. The van der Waals surface area contributed by atoms with Crippen molar-refractivity contribution in [3.05, 3.63) is 35.6 Å². The van der Waals surface area contributed by atoms with Crippen LogP contribution in [0.3, 0.4) is 0 Å². The summed E-state index contributed by atoms with van der Waals surface area (Å²) in [6, 6.07) is 6.91. The van der Waals surface area contributed by atoms with Crippen LogP contribution < -0.4 is 5.73 Å². The molecular formula is C15H16FN3S. The lowest BCUT2D eigenvalue weighted by Crippen LogP contribution is -1.99. The Bertz CT molecular complexity index is 773. The monoisotopic (exact) mass is 289 g/mol. The van der Waals surface area contributed by atoms with E-state index < -0.39 is 0 Å². The Morgan fingerprint density at radius 1 is 1.35 bits per heavy atom. The average Bonchev–Trinajstić information content (AvgIpc) is 2.94. The summed E-state index contributed by atoms with van der Waals surface area (Å²) >= 11 is 1.56. The van der Waals surface area contributed by atoms with Crippen LogP contribution in [-0.4, -0.2) is 9.78 Å². The molecule has 2 aromatic heterocycles. The number of benzene rings is 1. The number of fused-ring (bicyclic) bond motifs is 1. The van der Waals surface area contributed by atoms with E-state index in [1.54, 1.807) is 28.2 Å². The summed E-state index contributed by atoms with van der Waals surface area (Å²) in [6.45, 7) is 2.12. The van der Waals surface area contributed by atoms with E-state index in [0.717, 1.165) is 39.1 Å². The molecule has 0 aliphatic heterocycles. The molecule has 0 amide bonds. The summed E-state index contributed by atoms with van der Waals surface area (Å²) in [5.74, 6) is 0.505. The van der Waals surface area contributed by atoms with Crippen molar-refractivity contribution in [2.24, 2.45) is 7.05 Å². The Kier molecular flexibility index (Phi) is 3.22. The van der Waals surface area contributed by atoms with Crippen LogP contribution in [0.5, 0.6) is 0 Å². The predicted molar refractivity (Wildman–Crippen MR) is 82.4 cm³/mol. The van der Waals surface area contributed by atoms with Crippen LogP contribution in [0, 0.1) is 5.82 Å². The number of anilines is 1. The first-order valence-electron chi connectivity index (χ1n) is 6.61. The van der Waals surface area contributed by atoms with Gasteiger partial charge in [0.05, 0.1) is 4.88 Å². The Morgan fingerprint density at radius 2 is 2.15 bits per heavy atom. The van der Waals surface area contributed by atoms with Crippen molar-refractivity contribution in [1.29, 1.82) is 0 Å². The molecule has 0 fully saturated rings. The van der Waals surface area contributed by atoms with E-state index in [0.29, 0.717) is 5.82 Å². The van der Waals surface area contributed by atoms with Gasteiger partial charge in [-0.25, -0.2) is 4.39 Å². The van der Waals surface area contributed by atoms with Crippen molar-refractivity contribution in [3.8, 4) is 10.6 Å². The fraction of sp³-hybridized carbons (Fsp3) is 0.267. The molecule has 0 saturated heterocycles. The average molecular weight is 289 g/mol. The minimum atomic E-state index is -0.208. The molecule has 20 heavy (non-hydrogen) atoms. The largest absolute Gasteiger partial charge is 0.384 e. The van der Waals surface area contributed by atoms with Crippen molar-refractivity contribution in [2.75, 3.05) is 5.73 Å². The van der Waals surface area contributed by atoms with E-state index in [4.69, 9.17) is 5.73 Å². The number of nitrogen functional groups attached to an aromatic ring is 1. The van der Waals surface area contributed by atoms with Gasteiger partial charge in [0.15, 0.2) is 0 Å². The fourth-order valence-electron chi connectivity index (χ4n) is 2.40. The lowest BCUT2D eigenvalue weighted by Gasteiger charge is -1.99. The highest BCUT2D eigenvalue weighted by Gasteiger charge is 2.16. The highest BCUT2D eigenvalue weighted by Crippen LogP contribution is 2.36. The quantitative estimate of drug-likeness (QED) is 0.792. The van der Waals surface area contributed by atoms with Gasteiger partial charge in [0.25, 0.3) is 0 Å². The van der Waals surface area contributed by atoms with E-state index in [1.807, 2.05) is 7.05 Å². The highest BCUT2D eigenvalue weighted by atomic mass is 32.1. The molecule has 0 radical (unpaired) electrons.